The Morgan fingerprint density at radius 1 is 0.444 bits per heavy atom. The molecule has 0 atom stereocenters. The van der Waals surface area contributed by atoms with E-state index < -0.39 is 0 Å². The summed E-state index contributed by atoms with van der Waals surface area (Å²) in [7, 11) is 0. The third-order valence-corrected chi connectivity index (χ3v) is 14.8. The largest absolute Gasteiger partial charge is 0.509 e. The molecule has 5 nitrogen and oxygen atoms in total. The predicted octanol–water partition coefficient (Wildman–Crippen LogP) is 17.5. The number of anilines is 4. The molecule has 6 heteroatoms. The minimum absolute atomic E-state index is 0. The van der Waals surface area contributed by atoms with Gasteiger partial charge in [0.1, 0.15) is 5.82 Å². The topological polar surface area (TPSA) is 33.5 Å². The van der Waals surface area contributed by atoms with Gasteiger partial charge in [0.2, 0.25) is 0 Å². The average molecular weight is 1130 g/mol. The molecule has 2 aromatic heterocycles. The Labute approximate surface area is 443 Å². The van der Waals surface area contributed by atoms with Crippen LogP contribution in [0.5, 0.6) is 11.5 Å². The molecule has 0 saturated heterocycles. The van der Waals surface area contributed by atoms with Gasteiger partial charge in [-0.3, -0.25) is 0 Å². The van der Waals surface area contributed by atoms with Crippen molar-refractivity contribution < 1.29 is 25.8 Å². The Balaban J connectivity index is 0.00000640. The van der Waals surface area contributed by atoms with Crippen molar-refractivity contribution in [3.8, 4) is 17.3 Å². The van der Waals surface area contributed by atoms with Gasteiger partial charge in [0, 0.05) is 72.2 Å². The van der Waals surface area contributed by atoms with Gasteiger partial charge in [-0.25, -0.2) is 4.98 Å². The van der Waals surface area contributed by atoms with Crippen molar-refractivity contribution in [1.82, 2.24) is 9.55 Å². The SMILES string of the molecule is CC(C)(C)c1cc(Oc2[c-]c3c(cc2)c2cc(C(C)(C)c4ccccc4)ccc2n3-c2cc(C(C)(C)C)ccn2)[c-]c(N2[CH-]N(c3cccc(C(C)(C)C)c3)c3cc(C(C)(C)c4ccccc4)ccc32)c1.[Pt]. The van der Waals surface area contributed by atoms with Crippen molar-refractivity contribution >= 4 is 44.6 Å². The third kappa shape index (κ3) is 9.42. The monoisotopic (exact) mass is 1130 g/mol. The van der Waals surface area contributed by atoms with Crippen molar-refractivity contribution in [1.29, 1.82) is 0 Å². The van der Waals surface area contributed by atoms with Crippen LogP contribution in [0.3, 0.4) is 0 Å². The fourth-order valence-corrected chi connectivity index (χ4v) is 9.99. The summed E-state index contributed by atoms with van der Waals surface area (Å²) in [5.74, 6) is 2.07. The smallest absolute Gasteiger partial charge is 0.135 e. The van der Waals surface area contributed by atoms with Crippen molar-refractivity contribution in [3.05, 3.63) is 222 Å². The molecule has 1 aliphatic heterocycles. The molecule has 0 saturated carbocycles. The van der Waals surface area contributed by atoms with Gasteiger partial charge in [-0.1, -0.05) is 187 Å². The zero-order chi connectivity index (χ0) is 50.3. The average Bonchev–Trinajstić information content (AvgIpc) is 3.89. The van der Waals surface area contributed by atoms with E-state index in [1.807, 2.05) is 6.20 Å². The number of pyridine rings is 1. The van der Waals surface area contributed by atoms with Gasteiger partial charge < -0.3 is 19.1 Å². The zero-order valence-corrected chi connectivity index (χ0v) is 46.5. The van der Waals surface area contributed by atoms with E-state index in [4.69, 9.17) is 9.72 Å². The van der Waals surface area contributed by atoms with Gasteiger partial charge in [-0.05, 0) is 97.5 Å². The zero-order valence-electron chi connectivity index (χ0n) is 44.2. The Morgan fingerprint density at radius 3 is 1.68 bits per heavy atom. The molecule has 370 valence electrons. The van der Waals surface area contributed by atoms with Crippen LogP contribution >= 0.6 is 0 Å². The Kier molecular flexibility index (Phi) is 13.0. The minimum Gasteiger partial charge on any atom is -0.509 e. The van der Waals surface area contributed by atoms with E-state index in [1.54, 1.807) is 0 Å². The molecule has 9 aromatic rings. The van der Waals surface area contributed by atoms with E-state index in [1.165, 1.54) is 33.4 Å². The summed E-state index contributed by atoms with van der Waals surface area (Å²) >= 11 is 0. The van der Waals surface area contributed by atoms with E-state index in [0.29, 0.717) is 11.5 Å². The Morgan fingerprint density at radius 2 is 1.04 bits per heavy atom. The van der Waals surface area contributed by atoms with Crippen LogP contribution in [0, 0.1) is 18.8 Å². The van der Waals surface area contributed by atoms with E-state index in [0.717, 1.165) is 55.9 Å². The van der Waals surface area contributed by atoms with Gasteiger partial charge in [0.15, 0.2) is 0 Å². The van der Waals surface area contributed by atoms with Crippen molar-refractivity contribution in [3.63, 3.8) is 0 Å². The number of benzene rings is 7. The summed E-state index contributed by atoms with van der Waals surface area (Å²) in [5.41, 5.74) is 14.1. The molecule has 0 bridgehead atoms. The summed E-state index contributed by atoms with van der Waals surface area (Å²) in [4.78, 5) is 9.61. The normalized spacial score (nSPS) is 13.4. The second kappa shape index (κ2) is 18.6. The van der Waals surface area contributed by atoms with Crippen molar-refractivity contribution in [2.24, 2.45) is 0 Å². The first-order chi connectivity index (χ1) is 33.6. The Bertz CT molecular complexity index is 3440. The van der Waals surface area contributed by atoms with Gasteiger partial charge in [0.25, 0.3) is 0 Å². The van der Waals surface area contributed by atoms with Crippen molar-refractivity contribution in [2.45, 2.75) is 117 Å². The summed E-state index contributed by atoms with van der Waals surface area (Å²) in [6, 6.07) is 64.8. The van der Waals surface area contributed by atoms with Gasteiger partial charge in [-0.15, -0.1) is 53.6 Å². The predicted molar refractivity (Wildman–Crippen MR) is 297 cm³/mol. The van der Waals surface area contributed by atoms with Gasteiger partial charge in [0.05, 0.1) is 0 Å². The number of ether oxygens (including phenoxy) is 1. The Hall–Kier alpha value is -6.42. The maximum absolute atomic E-state index is 6.99. The number of fused-ring (bicyclic) bond motifs is 4. The van der Waals surface area contributed by atoms with Crippen molar-refractivity contribution in [2.75, 3.05) is 9.80 Å². The fraction of sp³-hybridized carbons (Fsp3) is 0.273. The van der Waals surface area contributed by atoms with Crippen LogP contribution in [-0.4, -0.2) is 9.55 Å². The van der Waals surface area contributed by atoms with Crippen LogP contribution in [-0.2, 0) is 48.1 Å². The first-order valence-electron chi connectivity index (χ1n) is 25.1. The minimum atomic E-state index is -0.224. The molecule has 0 unspecified atom stereocenters. The van der Waals surface area contributed by atoms with E-state index in [9.17, 15) is 0 Å². The number of hydrogen-bond donors (Lipinski definition) is 0. The molecule has 0 N–H and O–H groups in total. The van der Waals surface area contributed by atoms with Gasteiger partial charge >= 0.3 is 0 Å². The molecule has 10 rings (SSSR count). The fourth-order valence-electron chi connectivity index (χ4n) is 9.99. The van der Waals surface area contributed by atoms with Crippen LogP contribution in [0.25, 0.3) is 27.6 Å². The van der Waals surface area contributed by atoms with E-state index in [-0.39, 0.29) is 48.1 Å². The van der Waals surface area contributed by atoms with Crippen LogP contribution in [0.15, 0.2) is 164 Å². The summed E-state index contributed by atoms with van der Waals surface area (Å²) in [6.45, 7) is 31.8. The molecule has 0 aliphatic carbocycles. The quantitative estimate of drug-likeness (QED) is 0.135. The van der Waals surface area contributed by atoms with Crippen LogP contribution in [0.2, 0.25) is 0 Å². The van der Waals surface area contributed by atoms with E-state index in [2.05, 4.69) is 281 Å². The second-order valence-corrected chi connectivity index (χ2v) is 23.6. The number of hydrogen-bond acceptors (Lipinski definition) is 4. The maximum atomic E-state index is 6.99. The summed E-state index contributed by atoms with van der Waals surface area (Å²) < 4.78 is 9.24. The van der Waals surface area contributed by atoms with Crippen LogP contribution in [0.4, 0.5) is 22.7 Å². The molecular formula is C66H67N4OPt-3. The second-order valence-electron chi connectivity index (χ2n) is 23.6. The molecule has 0 amide bonds. The molecular weight excluding hydrogens is 1060 g/mol. The molecule has 1 aliphatic rings. The van der Waals surface area contributed by atoms with Crippen LogP contribution in [0.1, 0.15) is 129 Å². The summed E-state index contributed by atoms with van der Waals surface area (Å²) in [5, 5.41) is 2.23. The summed E-state index contributed by atoms with van der Waals surface area (Å²) in [6.07, 6.45) is 1.93. The number of rotatable bonds is 9. The molecule has 0 fully saturated rings. The first-order valence-corrected chi connectivity index (χ1v) is 25.1. The molecule has 0 radical (unpaired) electrons. The van der Waals surface area contributed by atoms with Crippen LogP contribution < -0.4 is 14.5 Å². The maximum Gasteiger partial charge on any atom is 0.135 e. The number of nitrogens with zero attached hydrogens (tertiary/aromatic N) is 4. The van der Waals surface area contributed by atoms with Gasteiger partial charge in [-0.2, -0.15) is 6.07 Å². The standard InChI is InChI=1S/C66H67N4O.Pt/c1-62(2,3)46-25-20-26-51(35-46)68-43-69(58-32-28-49(39-60(58)68)66(12,13)45-23-18-15-19-24-45)52-36-50(64(7,8)9)37-54(41-52)71-53-29-30-55-56-38-48(65(10,11)44-21-16-14-17-22-44)27-31-57(56)70(59(55)42-53)61-40-47(33-34-67-61)63(4,5)6;/h14-40,43H,1-13H3;/q-3;. The first kappa shape index (κ1) is 50.5. The molecule has 7 aromatic carbocycles. The third-order valence-electron chi connectivity index (χ3n) is 14.8. The number of aromatic nitrogens is 2. The molecule has 72 heavy (non-hydrogen) atoms. The molecule has 0 spiro atoms. The van der Waals surface area contributed by atoms with E-state index >= 15 is 0 Å². The molecule has 3 heterocycles.